The van der Waals surface area contributed by atoms with E-state index in [9.17, 15) is 5.11 Å². The fourth-order valence-corrected chi connectivity index (χ4v) is 2.95. The molecule has 2 rings (SSSR count). The Morgan fingerprint density at radius 3 is 2.90 bits per heavy atom. The van der Waals surface area contributed by atoms with E-state index in [0.717, 1.165) is 45.6 Å². The zero-order chi connectivity index (χ0) is 14.4. The predicted octanol–water partition coefficient (Wildman–Crippen LogP) is 1.40. The third-order valence-corrected chi connectivity index (χ3v) is 4.07. The molecule has 2 heterocycles. The number of rotatable bonds is 6. The van der Waals surface area contributed by atoms with Gasteiger partial charge in [0, 0.05) is 57.1 Å². The number of aromatic nitrogens is 1. The van der Waals surface area contributed by atoms with Crippen molar-refractivity contribution in [3.63, 3.8) is 0 Å². The molecular formula is C16H27N3O. The summed E-state index contributed by atoms with van der Waals surface area (Å²) < 4.78 is 0. The highest BCUT2D eigenvalue weighted by atomic mass is 16.3. The number of hydrogen-bond acceptors (Lipinski definition) is 4. The average molecular weight is 277 g/mol. The molecule has 1 aromatic heterocycles. The lowest BCUT2D eigenvalue weighted by Crippen LogP contribution is -2.54. The number of aliphatic hydroxyl groups excluding tert-OH is 1. The van der Waals surface area contributed by atoms with E-state index in [2.05, 4.69) is 33.8 Å². The topological polar surface area (TPSA) is 39.6 Å². The van der Waals surface area contributed by atoms with Crippen LogP contribution in [0.25, 0.3) is 0 Å². The Morgan fingerprint density at radius 2 is 2.25 bits per heavy atom. The van der Waals surface area contributed by atoms with Gasteiger partial charge < -0.3 is 10.0 Å². The van der Waals surface area contributed by atoms with Crippen molar-refractivity contribution >= 4 is 0 Å². The number of pyridine rings is 1. The van der Waals surface area contributed by atoms with E-state index in [1.54, 1.807) is 0 Å². The van der Waals surface area contributed by atoms with Crippen LogP contribution in [0.1, 0.15) is 26.0 Å². The summed E-state index contributed by atoms with van der Waals surface area (Å²) in [7, 11) is 0. The smallest absolute Gasteiger partial charge is 0.0639 e. The lowest BCUT2D eigenvalue weighted by Gasteiger charge is -2.41. The molecule has 1 N–H and O–H groups in total. The van der Waals surface area contributed by atoms with Gasteiger partial charge in [0.25, 0.3) is 0 Å². The summed E-state index contributed by atoms with van der Waals surface area (Å²) in [5.41, 5.74) is 1.17. The van der Waals surface area contributed by atoms with Crippen LogP contribution in [0.2, 0.25) is 0 Å². The van der Waals surface area contributed by atoms with Crippen LogP contribution in [0.15, 0.2) is 24.4 Å². The van der Waals surface area contributed by atoms with Crippen LogP contribution in [-0.4, -0.2) is 64.8 Å². The Bertz CT molecular complexity index is 383. The lowest BCUT2D eigenvalue weighted by atomic mass is 10.1. The van der Waals surface area contributed by atoms with Crippen molar-refractivity contribution < 1.29 is 5.11 Å². The van der Waals surface area contributed by atoms with Gasteiger partial charge in [-0.05, 0) is 25.5 Å². The molecular weight excluding hydrogens is 250 g/mol. The molecule has 0 aromatic carbocycles. The molecule has 1 saturated heterocycles. The second-order valence-electron chi connectivity index (χ2n) is 5.78. The highest BCUT2D eigenvalue weighted by molar-refractivity contribution is 5.03. The maximum Gasteiger partial charge on any atom is 0.0639 e. The normalized spacial score (nSPS) is 22.9. The van der Waals surface area contributed by atoms with Crippen molar-refractivity contribution in [2.45, 2.75) is 38.8 Å². The Balaban J connectivity index is 1.81. The van der Waals surface area contributed by atoms with E-state index in [-0.39, 0.29) is 6.10 Å². The molecule has 1 aliphatic rings. The van der Waals surface area contributed by atoms with Gasteiger partial charge in [0.05, 0.1) is 6.10 Å². The van der Waals surface area contributed by atoms with Crippen LogP contribution in [0.4, 0.5) is 0 Å². The van der Waals surface area contributed by atoms with Gasteiger partial charge in [0.2, 0.25) is 0 Å². The van der Waals surface area contributed by atoms with Crippen LogP contribution in [0.3, 0.4) is 0 Å². The van der Waals surface area contributed by atoms with Gasteiger partial charge in [-0.25, -0.2) is 0 Å². The van der Waals surface area contributed by atoms with Crippen LogP contribution in [0, 0.1) is 0 Å². The van der Waals surface area contributed by atoms with Gasteiger partial charge in [-0.1, -0.05) is 13.0 Å². The van der Waals surface area contributed by atoms with Crippen molar-refractivity contribution in [3.8, 4) is 0 Å². The standard InChI is InChI=1S/C16H27N3O/c1-3-16-13-18(10-11-19(16)12-14(2)20)9-7-15-6-4-5-8-17-15/h4-6,8,14,16,20H,3,7,9-13H2,1-2H3. The van der Waals surface area contributed by atoms with E-state index >= 15 is 0 Å². The molecule has 1 fully saturated rings. The molecule has 20 heavy (non-hydrogen) atoms. The van der Waals surface area contributed by atoms with Gasteiger partial charge in [-0.15, -0.1) is 0 Å². The second kappa shape index (κ2) is 7.72. The molecule has 2 unspecified atom stereocenters. The largest absolute Gasteiger partial charge is 0.392 e. The molecule has 0 amide bonds. The minimum atomic E-state index is -0.232. The number of nitrogens with zero attached hydrogens (tertiary/aromatic N) is 3. The molecule has 2 atom stereocenters. The lowest BCUT2D eigenvalue weighted by molar-refractivity contribution is 0.0370. The van der Waals surface area contributed by atoms with Crippen LogP contribution < -0.4 is 0 Å². The highest BCUT2D eigenvalue weighted by Gasteiger charge is 2.25. The molecule has 1 aliphatic heterocycles. The molecule has 4 heteroatoms. The molecule has 0 spiro atoms. The summed E-state index contributed by atoms with van der Waals surface area (Å²) in [6, 6.07) is 6.69. The molecule has 0 bridgehead atoms. The fraction of sp³-hybridized carbons (Fsp3) is 0.688. The van der Waals surface area contributed by atoms with Gasteiger partial charge >= 0.3 is 0 Å². The summed E-state index contributed by atoms with van der Waals surface area (Å²) in [6.07, 6.45) is 3.80. The predicted molar refractivity (Wildman–Crippen MR) is 81.7 cm³/mol. The minimum Gasteiger partial charge on any atom is -0.392 e. The molecule has 0 radical (unpaired) electrons. The van der Waals surface area contributed by atoms with Gasteiger partial charge in [0.15, 0.2) is 0 Å². The monoisotopic (exact) mass is 277 g/mol. The van der Waals surface area contributed by atoms with Crippen LogP contribution >= 0.6 is 0 Å². The van der Waals surface area contributed by atoms with Gasteiger partial charge in [-0.2, -0.15) is 0 Å². The summed E-state index contributed by atoms with van der Waals surface area (Å²) in [5.74, 6) is 0. The first-order valence-electron chi connectivity index (χ1n) is 7.73. The van der Waals surface area contributed by atoms with Crippen molar-refractivity contribution in [1.82, 2.24) is 14.8 Å². The van der Waals surface area contributed by atoms with E-state index in [1.807, 2.05) is 19.2 Å². The summed E-state index contributed by atoms with van der Waals surface area (Å²) in [5, 5.41) is 9.57. The Kier molecular flexibility index (Phi) is 5.95. The van der Waals surface area contributed by atoms with Crippen molar-refractivity contribution in [1.29, 1.82) is 0 Å². The number of aliphatic hydroxyl groups is 1. The highest BCUT2D eigenvalue weighted by Crippen LogP contribution is 2.13. The van der Waals surface area contributed by atoms with Gasteiger partial charge in [0.1, 0.15) is 0 Å². The second-order valence-corrected chi connectivity index (χ2v) is 5.78. The van der Waals surface area contributed by atoms with Gasteiger partial charge in [-0.3, -0.25) is 9.88 Å². The minimum absolute atomic E-state index is 0.232. The van der Waals surface area contributed by atoms with Crippen LogP contribution in [0.5, 0.6) is 0 Å². The number of β-amino-alcohol motifs (C(OH)–C–C–N with tert-alkyl or cyclic N) is 1. The fourth-order valence-electron chi connectivity index (χ4n) is 2.95. The maximum atomic E-state index is 9.57. The zero-order valence-corrected chi connectivity index (χ0v) is 12.7. The average Bonchev–Trinajstić information content (AvgIpc) is 2.46. The third kappa shape index (κ3) is 4.54. The summed E-state index contributed by atoms with van der Waals surface area (Å²) in [4.78, 5) is 9.35. The molecule has 0 aliphatic carbocycles. The maximum absolute atomic E-state index is 9.57. The Hall–Kier alpha value is -0.970. The van der Waals surface area contributed by atoms with E-state index in [1.165, 1.54) is 5.69 Å². The Morgan fingerprint density at radius 1 is 1.40 bits per heavy atom. The SMILES string of the molecule is CCC1CN(CCc2ccccn2)CCN1CC(C)O. The first kappa shape index (κ1) is 15.4. The van der Waals surface area contributed by atoms with Crippen molar-refractivity contribution in [3.05, 3.63) is 30.1 Å². The van der Waals surface area contributed by atoms with E-state index < -0.39 is 0 Å². The first-order valence-corrected chi connectivity index (χ1v) is 7.73. The molecule has 112 valence electrons. The molecule has 0 saturated carbocycles. The quantitative estimate of drug-likeness (QED) is 0.853. The number of hydrogen-bond donors (Lipinski definition) is 1. The van der Waals surface area contributed by atoms with Crippen LogP contribution in [-0.2, 0) is 6.42 Å². The van der Waals surface area contributed by atoms with Crippen molar-refractivity contribution in [2.24, 2.45) is 0 Å². The summed E-state index contributed by atoms with van der Waals surface area (Å²) in [6.45, 7) is 9.25. The molecule has 4 nitrogen and oxygen atoms in total. The van der Waals surface area contributed by atoms with Crippen molar-refractivity contribution in [2.75, 3.05) is 32.7 Å². The van der Waals surface area contributed by atoms with E-state index in [0.29, 0.717) is 6.04 Å². The first-order chi connectivity index (χ1) is 9.69. The molecule has 1 aromatic rings. The summed E-state index contributed by atoms with van der Waals surface area (Å²) >= 11 is 0. The Labute approximate surface area is 122 Å². The van der Waals surface area contributed by atoms with E-state index in [4.69, 9.17) is 0 Å². The zero-order valence-electron chi connectivity index (χ0n) is 12.7. The number of piperazine rings is 1. The third-order valence-electron chi connectivity index (χ3n) is 4.07.